The van der Waals surface area contributed by atoms with Gasteiger partial charge in [0, 0.05) is 16.3 Å². The zero-order valence-electron chi connectivity index (χ0n) is 12.9. The third-order valence-corrected chi connectivity index (χ3v) is 4.57. The van der Waals surface area contributed by atoms with Gasteiger partial charge >= 0.3 is 6.03 Å². The number of hydrogen-bond donors (Lipinski definition) is 0. The van der Waals surface area contributed by atoms with Gasteiger partial charge < -0.3 is 0 Å². The number of hydrogen-bond acceptors (Lipinski definition) is 1. The summed E-state index contributed by atoms with van der Waals surface area (Å²) >= 11 is 2.27. The summed E-state index contributed by atoms with van der Waals surface area (Å²) in [6.07, 6.45) is 1.96. The minimum atomic E-state index is -0.0603. The Kier molecular flexibility index (Phi) is 4.52. The molecule has 0 atom stereocenters. The van der Waals surface area contributed by atoms with Crippen molar-refractivity contribution < 1.29 is 4.79 Å². The van der Waals surface area contributed by atoms with Crippen LogP contribution in [0.15, 0.2) is 72.9 Å². The highest BCUT2D eigenvalue weighted by molar-refractivity contribution is 14.1. The molecule has 1 aliphatic rings. The summed E-state index contributed by atoms with van der Waals surface area (Å²) in [5, 5.41) is 0. The fourth-order valence-corrected chi connectivity index (χ4v) is 2.93. The van der Waals surface area contributed by atoms with E-state index in [-0.39, 0.29) is 6.03 Å². The lowest BCUT2D eigenvalue weighted by Gasteiger charge is -2.35. The van der Waals surface area contributed by atoms with Crippen molar-refractivity contribution in [3.63, 3.8) is 0 Å². The molecule has 4 heteroatoms. The van der Waals surface area contributed by atoms with E-state index in [2.05, 4.69) is 29.2 Å². The van der Waals surface area contributed by atoms with Crippen LogP contribution < -0.4 is 0 Å². The zero-order chi connectivity index (χ0) is 16.4. The Labute approximate surface area is 150 Å². The minimum Gasteiger partial charge on any atom is -0.296 e. The second-order valence-corrected chi connectivity index (χ2v) is 6.69. The molecule has 23 heavy (non-hydrogen) atoms. The molecule has 3 nitrogen and oxygen atoms in total. The molecule has 0 saturated heterocycles. The van der Waals surface area contributed by atoms with Gasteiger partial charge in [-0.05, 0) is 51.9 Å². The number of urea groups is 1. The predicted octanol–water partition coefficient (Wildman–Crippen LogP) is 4.71. The molecule has 0 unspecified atom stereocenters. The number of amides is 2. The van der Waals surface area contributed by atoms with Crippen molar-refractivity contribution in [3.05, 3.63) is 87.6 Å². The van der Waals surface area contributed by atoms with Crippen molar-refractivity contribution in [3.8, 4) is 0 Å². The second-order valence-electron chi connectivity index (χ2n) is 5.44. The molecule has 0 aliphatic carbocycles. The van der Waals surface area contributed by atoms with Crippen molar-refractivity contribution >= 4 is 34.3 Å². The maximum atomic E-state index is 12.7. The first-order valence-electron chi connectivity index (χ1n) is 7.32. The van der Waals surface area contributed by atoms with Crippen LogP contribution in [0, 0.1) is 3.57 Å². The quantitative estimate of drug-likeness (QED) is 0.665. The Hall–Kier alpha value is -2.08. The highest BCUT2D eigenvalue weighted by Crippen LogP contribution is 2.28. The lowest BCUT2D eigenvalue weighted by Crippen LogP contribution is -2.42. The Morgan fingerprint density at radius 1 is 1.04 bits per heavy atom. The van der Waals surface area contributed by atoms with E-state index in [0.29, 0.717) is 12.2 Å². The normalized spacial score (nSPS) is 15.0. The number of nitrogens with zero attached hydrogens (tertiary/aromatic N) is 2. The molecule has 0 bridgehead atoms. The van der Waals surface area contributed by atoms with Crippen LogP contribution in [0.25, 0.3) is 5.70 Å². The summed E-state index contributed by atoms with van der Waals surface area (Å²) in [6.45, 7) is 4.60. The smallest absolute Gasteiger partial charge is 0.296 e. The van der Waals surface area contributed by atoms with Crippen LogP contribution >= 0.6 is 22.6 Å². The van der Waals surface area contributed by atoms with Crippen LogP contribution in [0.4, 0.5) is 4.79 Å². The Balaban J connectivity index is 1.89. The Bertz CT molecular complexity index is 766. The number of rotatable bonds is 3. The van der Waals surface area contributed by atoms with Gasteiger partial charge in [0.15, 0.2) is 0 Å². The lowest BCUT2D eigenvalue weighted by atomic mass is 10.1. The predicted molar refractivity (Wildman–Crippen MR) is 101 cm³/mol. The van der Waals surface area contributed by atoms with Gasteiger partial charge in [-0.3, -0.25) is 9.80 Å². The molecule has 2 aromatic rings. The average molecular weight is 416 g/mol. The van der Waals surface area contributed by atoms with E-state index in [4.69, 9.17) is 0 Å². The molecule has 0 fully saturated rings. The molecule has 0 aromatic heterocycles. The summed E-state index contributed by atoms with van der Waals surface area (Å²) in [7, 11) is 1.80. The number of carbonyl (C=O) groups excluding carboxylic acids is 1. The molecule has 1 heterocycles. The van der Waals surface area contributed by atoms with Gasteiger partial charge in [0.2, 0.25) is 0 Å². The van der Waals surface area contributed by atoms with Crippen molar-refractivity contribution in [2.45, 2.75) is 6.54 Å². The fourth-order valence-electron chi connectivity index (χ4n) is 2.57. The zero-order valence-corrected chi connectivity index (χ0v) is 15.0. The van der Waals surface area contributed by atoms with Crippen LogP contribution in [-0.4, -0.2) is 22.9 Å². The summed E-state index contributed by atoms with van der Waals surface area (Å²) in [4.78, 5) is 16.1. The molecular weight excluding hydrogens is 399 g/mol. The van der Waals surface area contributed by atoms with Crippen LogP contribution in [0.3, 0.4) is 0 Å². The van der Waals surface area contributed by atoms with Crippen LogP contribution in [0.5, 0.6) is 0 Å². The fraction of sp³-hybridized carbons (Fsp3) is 0.105. The van der Waals surface area contributed by atoms with E-state index in [1.165, 1.54) is 3.57 Å². The Morgan fingerprint density at radius 2 is 1.70 bits per heavy atom. The van der Waals surface area contributed by atoms with Crippen molar-refractivity contribution in [1.29, 1.82) is 0 Å². The monoisotopic (exact) mass is 416 g/mol. The van der Waals surface area contributed by atoms with Crippen molar-refractivity contribution in [2.24, 2.45) is 0 Å². The van der Waals surface area contributed by atoms with Gasteiger partial charge in [0.1, 0.15) is 0 Å². The first kappa shape index (κ1) is 15.8. The SMILES string of the molecule is C=C1C=C(c2ccc(I)cc2)N(C)C(=O)N1Cc1ccccc1. The summed E-state index contributed by atoms with van der Waals surface area (Å²) in [6, 6.07) is 18.0. The molecule has 0 spiro atoms. The Morgan fingerprint density at radius 3 is 2.35 bits per heavy atom. The molecule has 2 amide bonds. The summed E-state index contributed by atoms with van der Waals surface area (Å²) in [5.41, 5.74) is 3.69. The largest absolute Gasteiger partial charge is 0.329 e. The van der Waals surface area contributed by atoms with Gasteiger partial charge in [0.05, 0.1) is 12.2 Å². The second kappa shape index (κ2) is 6.58. The van der Waals surface area contributed by atoms with E-state index < -0.39 is 0 Å². The van der Waals surface area contributed by atoms with E-state index in [9.17, 15) is 4.79 Å². The molecule has 0 N–H and O–H groups in total. The minimum absolute atomic E-state index is 0.0603. The van der Waals surface area contributed by atoms with Gasteiger partial charge in [-0.2, -0.15) is 0 Å². The maximum absolute atomic E-state index is 12.7. The lowest BCUT2D eigenvalue weighted by molar-refractivity contribution is 0.188. The van der Waals surface area contributed by atoms with Gasteiger partial charge in [0.25, 0.3) is 0 Å². The first-order valence-corrected chi connectivity index (χ1v) is 8.40. The van der Waals surface area contributed by atoms with E-state index in [1.807, 2.05) is 60.7 Å². The standard InChI is InChI=1S/C19H17IN2O/c1-14-12-18(16-8-10-17(20)11-9-16)21(2)19(23)22(14)13-15-6-4-3-5-7-15/h3-12H,1,13H2,2H3. The molecular formula is C19H17IN2O. The first-order chi connectivity index (χ1) is 11.1. The molecule has 2 aromatic carbocycles. The van der Waals surface area contributed by atoms with Crippen LogP contribution in [0.2, 0.25) is 0 Å². The highest BCUT2D eigenvalue weighted by atomic mass is 127. The third-order valence-electron chi connectivity index (χ3n) is 3.85. The van der Waals surface area contributed by atoms with Crippen molar-refractivity contribution in [1.82, 2.24) is 9.80 Å². The van der Waals surface area contributed by atoms with Gasteiger partial charge in [-0.15, -0.1) is 0 Å². The number of allylic oxidation sites excluding steroid dienone is 1. The van der Waals surface area contributed by atoms with Gasteiger partial charge in [-0.1, -0.05) is 49.0 Å². The molecule has 3 rings (SSSR count). The summed E-state index contributed by atoms with van der Waals surface area (Å²) < 4.78 is 1.17. The third kappa shape index (κ3) is 3.32. The van der Waals surface area contributed by atoms with E-state index >= 15 is 0 Å². The number of benzene rings is 2. The average Bonchev–Trinajstić information content (AvgIpc) is 2.57. The van der Waals surface area contributed by atoms with Crippen LogP contribution in [0.1, 0.15) is 11.1 Å². The summed E-state index contributed by atoms with van der Waals surface area (Å²) in [5.74, 6) is 0. The molecule has 0 radical (unpaired) electrons. The maximum Gasteiger partial charge on any atom is 0.329 e. The van der Waals surface area contributed by atoms with E-state index in [0.717, 1.165) is 16.8 Å². The van der Waals surface area contributed by atoms with Crippen LogP contribution in [-0.2, 0) is 6.54 Å². The van der Waals surface area contributed by atoms with E-state index in [1.54, 1.807) is 16.8 Å². The number of halogens is 1. The molecule has 0 saturated carbocycles. The molecule has 1 aliphatic heterocycles. The van der Waals surface area contributed by atoms with Gasteiger partial charge in [-0.25, -0.2) is 4.79 Å². The van der Waals surface area contributed by atoms with Crippen molar-refractivity contribution in [2.75, 3.05) is 7.05 Å². The highest BCUT2D eigenvalue weighted by Gasteiger charge is 2.28. The number of carbonyl (C=O) groups is 1. The molecule has 116 valence electrons. The topological polar surface area (TPSA) is 23.6 Å².